The van der Waals surface area contributed by atoms with Crippen molar-refractivity contribution in [3.05, 3.63) is 95.0 Å². The number of carboxylic acid groups (broad SMARTS) is 1. The molecule has 1 atom stereocenters. The molecule has 0 aliphatic carbocycles. The summed E-state index contributed by atoms with van der Waals surface area (Å²) in [5, 5.41) is 10.3. The van der Waals surface area contributed by atoms with Crippen molar-refractivity contribution in [2.75, 3.05) is 13.2 Å². The molecule has 1 unspecified atom stereocenters. The Kier molecular flexibility index (Phi) is 6.93. The Balaban J connectivity index is 1.55. The standard InChI is InChI=1S/C23H21ClO4/c24-19-9-11-20(12-10-19)27-13-14-28-21-8-4-5-17(15-21)16-22(23(25)26)18-6-2-1-3-7-18/h1-12,15,22H,13-14,16H2,(H,25,26). The van der Waals surface area contributed by atoms with Crippen LogP contribution in [0.5, 0.6) is 11.5 Å². The van der Waals surface area contributed by atoms with Crippen LogP contribution in [0.2, 0.25) is 5.02 Å². The Bertz CT molecular complexity index is 894. The molecule has 28 heavy (non-hydrogen) atoms. The van der Waals surface area contributed by atoms with Gasteiger partial charge in [-0.05, 0) is 53.9 Å². The molecule has 0 saturated heterocycles. The Labute approximate surface area is 169 Å². The second kappa shape index (κ2) is 9.81. The molecule has 0 fully saturated rings. The maximum atomic E-state index is 11.7. The van der Waals surface area contributed by atoms with Gasteiger partial charge in [0.05, 0.1) is 5.92 Å². The largest absolute Gasteiger partial charge is 0.490 e. The van der Waals surface area contributed by atoms with E-state index in [4.69, 9.17) is 21.1 Å². The van der Waals surface area contributed by atoms with Crippen molar-refractivity contribution in [3.63, 3.8) is 0 Å². The Morgan fingerprint density at radius 2 is 1.54 bits per heavy atom. The maximum Gasteiger partial charge on any atom is 0.311 e. The van der Waals surface area contributed by atoms with Gasteiger partial charge in [-0.25, -0.2) is 0 Å². The lowest BCUT2D eigenvalue weighted by molar-refractivity contribution is -0.138. The highest BCUT2D eigenvalue weighted by Gasteiger charge is 2.20. The molecule has 0 aliphatic rings. The van der Waals surface area contributed by atoms with Crippen LogP contribution < -0.4 is 9.47 Å². The predicted octanol–water partition coefficient (Wildman–Crippen LogP) is 5.21. The van der Waals surface area contributed by atoms with E-state index in [0.717, 1.165) is 16.9 Å². The van der Waals surface area contributed by atoms with Crippen molar-refractivity contribution < 1.29 is 19.4 Å². The normalized spacial score (nSPS) is 11.6. The number of halogens is 1. The first-order valence-corrected chi connectivity index (χ1v) is 9.37. The molecule has 0 saturated carbocycles. The molecule has 0 heterocycles. The number of carboxylic acids is 1. The van der Waals surface area contributed by atoms with Crippen LogP contribution in [-0.4, -0.2) is 24.3 Å². The molecule has 5 heteroatoms. The predicted molar refractivity (Wildman–Crippen MR) is 109 cm³/mol. The van der Waals surface area contributed by atoms with E-state index < -0.39 is 11.9 Å². The minimum atomic E-state index is -0.839. The third kappa shape index (κ3) is 5.76. The summed E-state index contributed by atoms with van der Waals surface area (Å²) in [7, 11) is 0. The summed E-state index contributed by atoms with van der Waals surface area (Å²) in [6, 6.07) is 23.9. The summed E-state index contributed by atoms with van der Waals surface area (Å²) in [5.74, 6) is -0.0121. The molecule has 3 aromatic carbocycles. The second-order valence-electron chi connectivity index (χ2n) is 6.30. The molecule has 0 amide bonds. The van der Waals surface area contributed by atoms with Gasteiger partial charge in [0.1, 0.15) is 24.7 Å². The van der Waals surface area contributed by atoms with Gasteiger partial charge in [-0.1, -0.05) is 54.1 Å². The molecule has 0 spiro atoms. The number of hydrogen-bond donors (Lipinski definition) is 1. The van der Waals surface area contributed by atoms with Gasteiger partial charge in [-0.15, -0.1) is 0 Å². The van der Waals surface area contributed by atoms with Gasteiger partial charge in [0, 0.05) is 5.02 Å². The summed E-state index contributed by atoms with van der Waals surface area (Å²) in [4.78, 5) is 11.7. The summed E-state index contributed by atoms with van der Waals surface area (Å²) >= 11 is 5.85. The molecule has 0 radical (unpaired) electrons. The molecule has 0 aliphatic heterocycles. The summed E-state index contributed by atoms with van der Waals surface area (Å²) in [6.07, 6.45) is 0.401. The summed E-state index contributed by atoms with van der Waals surface area (Å²) in [6.45, 7) is 0.779. The van der Waals surface area contributed by atoms with Crippen molar-refractivity contribution in [3.8, 4) is 11.5 Å². The molecule has 0 bridgehead atoms. The van der Waals surface area contributed by atoms with Crippen LogP contribution in [0, 0.1) is 0 Å². The zero-order chi connectivity index (χ0) is 19.8. The van der Waals surface area contributed by atoms with Gasteiger partial charge in [0.25, 0.3) is 0 Å². The van der Waals surface area contributed by atoms with Crippen LogP contribution in [0.15, 0.2) is 78.9 Å². The van der Waals surface area contributed by atoms with Gasteiger partial charge in [0.15, 0.2) is 0 Å². The maximum absolute atomic E-state index is 11.7. The smallest absolute Gasteiger partial charge is 0.311 e. The first-order chi connectivity index (χ1) is 13.6. The molecule has 1 N–H and O–H groups in total. The van der Waals surface area contributed by atoms with Gasteiger partial charge in [-0.3, -0.25) is 4.79 Å². The number of carbonyl (C=O) groups is 1. The lowest BCUT2D eigenvalue weighted by atomic mass is 9.92. The molecule has 3 aromatic rings. The lowest BCUT2D eigenvalue weighted by Crippen LogP contribution is -2.14. The Hall–Kier alpha value is -2.98. The second-order valence-corrected chi connectivity index (χ2v) is 6.74. The van der Waals surface area contributed by atoms with Crippen LogP contribution in [-0.2, 0) is 11.2 Å². The highest BCUT2D eigenvalue weighted by molar-refractivity contribution is 6.30. The molecule has 4 nitrogen and oxygen atoms in total. The third-order valence-electron chi connectivity index (χ3n) is 4.27. The van der Waals surface area contributed by atoms with Gasteiger partial charge < -0.3 is 14.6 Å². The zero-order valence-electron chi connectivity index (χ0n) is 15.3. The minimum absolute atomic E-state index is 0.382. The van der Waals surface area contributed by atoms with Crippen LogP contribution in [0.4, 0.5) is 0 Å². The topological polar surface area (TPSA) is 55.8 Å². The van der Waals surface area contributed by atoms with E-state index in [9.17, 15) is 9.90 Å². The van der Waals surface area contributed by atoms with Gasteiger partial charge in [0.2, 0.25) is 0 Å². The van der Waals surface area contributed by atoms with Gasteiger partial charge in [-0.2, -0.15) is 0 Å². The first-order valence-electron chi connectivity index (χ1n) is 8.99. The van der Waals surface area contributed by atoms with Crippen LogP contribution >= 0.6 is 11.6 Å². The Morgan fingerprint density at radius 1 is 0.857 bits per heavy atom. The van der Waals surface area contributed by atoms with Crippen LogP contribution in [0.1, 0.15) is 17.0 Å². The third-order valence-corrected chi connectivity index (χ3v) is 4.52. The van der Waals surface area contributed by atoms with E-state index in [1.807, 2.05) is 54.6 Å². The quantitative estimate of drug-likeness (QED) is 0.504. The number of aliphatic carboxylic acids is 1. The zero-order valence-corrected chi connectivity index (χ0v) is 16.0. The van der Waals surface area contributed by atoms with Crippen molar-refractivity contribution in [2.24, 2.45) is 0 Å². The highest BCUT2D eigenvalue weighted by atomic mass is 35.5. The van der Waals surface area contributed by atoms with Crippen molar-refractivity contribution >= 4 is 17.6 Å². The Morgan fingerprint density at radius 3 is 2.21 bits per heavy atom. The van der Waals surface area contributed by atoms with Gasteiger partial charge >= 0.3 is 5.97 Å². The number of rotatable bonds is 9. The van der Waals surface area contributed by atoms with E-state index in [-0.39, 0.29) is 0 Å². The number of hydrogen-bond acceptors (Lipinski definition) is 3. The lowest BCUT2D eigenvalue weighted by Gasteiger charge is -2.14. The SMILES string of the molecule is O=C(O)C(Cc1cccc(OCCOc2ccc(Cl)cc2)c1)c1ccccc1. The average Bonchev–Trinajstić information content (AvgIpc) is 2.71. The summed E-state index contributed by atoms with van der Waals surface area (Å²) < 4.78 is 11.3. The average molecular weight is 397 g/mol. The first kappa shape index (κ1) is 19.8. The van der Waals surface area contributed by atoms with E-state index in [1.165, 1.54) is 0 Å². The monoisotopic (exact) mass is 396 g/mol. The van der Waals surface area contributed by atoms with E-state index >= 15 is 0 Å². The summed E-state index contributed by atoms with van der Waals surface area (Å²) in [5.41, 5.74) is 1.70. The molecular formula is C23H21ClO4. The molecule has 3 rings (SSSR count). The molecule has 144 valence electrons. The fraction of sp³-hybridized carbons (Fsp3) is 0.174. The van der Waals surface area contributed by atoms with E-state index in [0.29, 0.717) is 30.4 Å². The van der Waals surface area contributed by atoms with E-state index in [2.05, 4.69) is 0 Å². The molecular weight excluding hydrogens is 376 g/mol. The molecule has 0 aromatic heterocycles. The number of benzene rings is 3. The van der Waals surface area contributed by atoms with Crippen molar-refractivity contribution in [1.29, 1.82) is 0 Å². The highest BCUT2D eigenvalue weighted by Crippen LogP contribution is 2.23. The fourth-order valence-corrected chi connectivity index (χ4v) is 3.01. The fourth-order valence-electron chi connectivity index (χ4n) is 2.88. The van der Waals surface area contributed by atoms with E-state index in [1.54, 1.807) is 24.3 Å². The van der Waals surface area contributed by atoms with Crippen molar-refractivity contribution in [2.45, 2.75) is 12.3 Å². The van der Waals surface area contributed by atoms with Crippen LogP contribution in [0.25, 0.3) is 0 Å². The minimum Gasteiger partial charge on any atom is -0.490 e. The van der Waals surface area contributed by atoms with Crippen molar-refractivity contribution in [1.82, 2.24) is 0 Å². The number of ether oxygens (including phenoxy) is 2. The van der Waals surface area contributed by atoms with Crippen LogP contribution in [0.3, 0.4) is 0 Å².